The topological polar surface area (TPSA) is 122 Å². The number of hydrogen-bond donors (Lipinski definition) is 1. The number of benzene rings is 1. The van der Waals surface area contributed by atoms with Gasteiger partial charge < -0.3 is 24.3 Å². The lowest BCUT2D eigenvalue weighted by Crippen LogP contribution is -2.65. The normalized spacial score (nSPS) is 25.5. The van der Waals surface area contributed by atoms with E-state index in [0.717, 1.165) is 0 Å². The van der Waals surface area contributed by atoms with Gasteiger partial charge in [0.15, 0.2) is 11.6 Å². The van der Waals surface area contributed by atoms with Crippen molar-refractivity contribution in [3.8, 4) is 0 Å². The summed E-state index contributed by atoms with van der Waals surface area (Å²) in [7, 11) is 0. The number of aromatic nitrogens is 1. The molecule has 31 heavy (non-hydrogen) atoms. The van der Waals surface area contributed by atoms with E-state index in [-0.39, 0.29) is 30.6 Å². The molecule has 160 valence electrons. The number of carbonyl (C=O) groups is 4. The molecule has 2 aromatic rings. The van der Waals surface area contributed by atoms with E-state index in [1.807, 2.05) is 6.92 Å². The molecule has 3 atom stereocenters. The lowest BCUT2D eigenvalue weighted by molar-refractivity contribution is -0.159. The first kappa shape index (κ1) is 19.7. The second-order valence-corrected chi connectivity index (χ2v) is 8.06. The Morgan fingerprint density at radius 3 is 2.94 bits per heavy atom. The van der Waals surface area contributed by atoms with Crippen LogP contribution in [0.2, 0.25) is 5.02 Å². The Bertz CT molecular complexity index is 1170. The van der Waals surface area contributed by atoms with E-state index in [9.17, 15) is 19.2 Å². The molecule has 2 amide bonds. The highest BCUT2D eigenvalue weighted by Gasteiger charge is 2.52. The van der Waals surface area contributed by atoms with Gasteiger partial charge in [0, 0.05) is 11.2 Å². The summed E-state index contributed by atoms with van der Waals surface area (Å²) in [6.07, 6.45) is 0.740. The molecule has 0 saturated carbocycles. The molecule has 0 spiro atoms. The average molecular weight is 445 g/mol. The molecule has 1 unspecified atom stereocenters. The van der Waals surface area contributed by atoms with Gasteiger partial charge >= 0.3 is 0 Å². The van der Waals surface area contributed by atoms with Crippen LogP contribution in [-0.2, 0) is 30.5 Å². The Hall–Kier alpha value is -3.24. The first-order valence-electron chi connectivity index (χ1n) is 9.66. The number of ether oxygens (including phenoxy) is 1. The van der Waals surface area contributed by atoms with E-state index in [0.29, 0.717) is 22.7 Å². The average Bonchev–Trinajstić information content (AvgIpc) is 3.31. The van der Waals surface area contributed by atoms with E-state index in [1.165, 1.54) is 16.0 Å². The molecule has 5 rings (SSSR count). The van der Waals surface area contributed by atoms with E-state index in [1.54, 1.807) is 18.2 Å². The molecule has 4 heterocycles. The predicted molar refractivity (Wildman–Crippen MR) is 106 cm³/mol. The summed E-state index contributed by atoms with van der Waals surface area (Å²) in [4.78, 5) is 57.8. The molecule has 3 aliphatic rings. The third-order valence-electron chi connectivity index (χ3n) is 5.55. The number of oxazole rings is 1. The van der Waals surface area contributed by atoms with E-state index < -0.39 is 35.7 Å². The number of Topliss-reactive ketones (excluding diaryl/α,β-unsaturated/α-hetero) is 2. The van der Waals surface area contributed by atoms with Gasteiger partial charge in [0.1, 0.15) is 17.3 Å². The van der Waals surface area contributed by atoms with E-state index in [4.69, 9.17) is 20.8 Å². The monoisotopic (exact) mass is 444 g/mol. The van der Waals surface area contributed by atoms with Crippen molar-refractivity contribution in [2.45, 2.75) is 31.8 Å². The molecule has 2 fully saturated rings. The Balaban J connectivity index is 1.34. The number of amides is 2. The summed E-state index contributed by atoms with van der Waals surface area (Å²) in [5, 5.41) is 3.03. The molecule has 11 heteroatoms. The second kappa shape index (κ2) is 7.17. The van der Waals surface area contributed by atoms with Gasteiger partial charge in [-0.05, 0) is 25.1 Å². The highest BCUT2D eigenvalue weighted by molar-refractivity contribution is 6.53. The molecule has 0 bridgehead atoms. The molecule has 0 radical (unpaired) electrons. The van der Waals surface area contributed by atoms with Crippen LogP contribution in [0.15, 0.2) is 34.4 Å². The fraction of sp³-hybridized carbons (Fsp3) is 0.350. The fourth-order valence-corrected chi connectivity index (χ4v) is 4.24. The lowest BCUT2D eigenvalue weighted by atomic mass is 9.93. The molecule has 1 N–H and O–H groups in total. The van der Waals surface area contributed by atoms with Crippen LogP contribution in [0, 0.1) is 0 Å². The molecule has 10 nitrogen and oxygen atoms in total. The van der Waals surface area contributed by atoms with Gasteiger partial charge in [-0.2, -0.15) is 0 Å². The summed E-state index contributed by atoms with van der Waals surface area (Å²) in [6, 6.07) is 3.50. The molecular weight excluding hydrogens is 428 g/mol. The van der Waals surface area contributed by atoms with Crippen LogP contribution in [-0.4, -0.2) is 69.6 Å². The molecule has 1 aromatic heterocycles. The van der Waals surface area contributed by atoms with Crippen molar-refractivity contribution in [3.63, 3.8) is 0 Å². The summed E-state index contributed by atoms with van der Waals surface area (Å²) in [5.41, 5.74) is 0.694. The molecule has 2 saturated heterocycles. The van der Waals surface area contributed by atoms with Crippen LogP contribution >= 0.6 is 11.6 Å². The first-order valence-corrected chi connectivity index (χ1v) is 10.0. The summed E-state index contributed by atoms with van der Waals surface area (Å²) in [6.45, 7) is 2.27. The third kappa shape index (κ3) is 3.19. The van der Waals surface area contributed by atoms with Gasteiger partial charge in [-0.3, -0.25) is 19.2 Å². The van der Waals surface area contributed by atoms with Crippen LogP contribution < -0.4 is 5.32 Å². The largest absolute Gasteiger partial charge is 0.439 e. The molecule has 3 aliphatic heterocycles. The van der Waals surface area contributed by atoms with Crippen LogP contribution in [0.5, 0.6) is 0 Å². The van der Waals surface area contributed by atoms with Crippen molar-refractivity contribution in [2.75, 3.05) is 13.2 Å². The SMILES string of the molecule is C[C@H]1CO[C@@H]2CN3C=C(C(=O)NCc4nc5cc(Cl)ccc5o4)C(=O)C(=O)C3C(=O)N12. The van der Waals surface area contributed by atoms with Gasteiger partial charge in [-0.1, -0.05) is 11.6 Å². The van der Waals surface area contributed by atoms with Crippen LogP contribution in [0.3, 0.4) is 0 Å². The van der Waals surface area contributed by atoms with Crippen LogP contribution in [0.4, 0.5) is 0 Å². The Labute approximate surface area is 180 Å². The van der Waals surface area contributed by atoms with Gasteiger partial charge in [0.25, 0.3) is 11.8 Å². The zero-order valence-electron chi connectivity index (χ0n) is 16.3. The number of rotatable bonds is 3. The van der Waals surface area contributed by atoms with Crippen LogP contribution in [0.25, 0.3) is 11.1 Å². The highest BCUT2D eigenvalue weighted by atomic mass is 35.5. The zero-order valence-corrected chi connectivity index (χ0v) is 17.1. The maximum Gasteiger partial charge on any atom is 0.257 e. The van der Waals surface area contributed by atoms with Gasteiger partial charge in [-0.15, -0.1) is 0 Å². The summed E-state index contributed by atoms with van der Waals surface area (Å²) in [5.74, 6) is -2.95. The van der Waals surface area contributed by atoms with E-state index >= 15 is 0 Å². The molecule has 0 aliphatic carbocycles. The molecular formula is C20H17ClN4O6. The number of hydrogen-bond acceptors (Lipinski definition) is 8. The third-order valence-corrected chi connectivity index (χ3v) is 5.79. The van der Waals surface area contributed by atoms with Gasteiger partial charge in [0.05, 0.1) is 25.7 Å². The minimum atomic E-state index is -1.26. The standard InChI is InChI=1S/C20H17ClN4O6/c1-9-8-30-15-7-24-6-11(17(26)18(27)16(24)20(29)25(9)15)19(28)22-5-14-23-12-4-10(21)2-3-13(12)31-14/h2-4,6,9,15-16H,5,7-8H2,1H3,(H,22,28)/t9-,15+,16?/m0/s1. The van der Waals surface area contributed by atoms with Crippen LogP contribution in [0.1, 0.15) is 12.8 Å². The lowest BCUT2D eigenvalue weighted by Gasteiger charge is -2.43. The number of nitrogens with one attached hydrogen (secondary N) is 1. The Morgan fingerprint density at radius 1 is 1.32 bits per heavy atom. The Morgan fingerprint density at radius 2 is 2.13 bits per heavy atom. The highest BCUT2D eigenvalue weighted by Crippen LogP contribution is 2.29. The smallest absolute Gasteiger partial charge is 0.257 e. The predicted octanol–water partition coefficient (Wildman–Crippen LogP) is 0.391. The molecule has 1 aromatic carbocycles. The van der Waals surface area contributed by atoms with Crippen molar-refractivity contribution >= 4 is 46.1 Å². The summed E-state index contributed by atoms with van der Waals surface area (Å²) < 4.78 is 11.1. The fourth-order valence-electron chi connectivity index (χ4n) is 4.07. The second-order valence-electron chi connectivity index (χ2n) is 7.62. The van der Waals surface area contributed by atoms with E-state index in [2.05, 4.69) is 10.3 Å². The number of halogens is 1. The van der Waals surface area contributed by atoms with Crippen molar-refractivity contribution in [1.29, 1.82) is 0 Å². The minimum Gasteiger partial charge on any atom is -0.439 e. The Kier molecular flexibility index (Phi) is 4.56. The first-order chi connectivity index (χ1) is 14.8. The quantitative estimate of drug-likeness (QED) is 0.410. The zero-order chi connectivity index (χ0) is 21.9. The van der Waals surface area contributed by atoms with Crippen molar-refractivity contribution in [1.82, 2.24) is 20.1 Å². The van der Waals surface area contributed by atoms with Crippen molar-refractivity contribution < 1.29 is 28.3 Å². The minimum absolute atomic E-state index is 0.0939. The maximum atomic E-state index is 12.8. The van der Waals surface area contributed by atoms with Gasteiger partial charge in [-0.25, -0.2) is 4.98 Å². The van der Waals surface area contributed by atoms with Crippen molar-refractivity contribution in [3.05, 3.63) is 40.9 Å². The summed E-state index contributed by atoms with van der Waals surface area (Å²) >= 11 is 5.93. The number of fused-ring (bicyclic) bond motifs is 3. The number of ketones is 2. The van der Waals surface area contributed by atoms with Gasteiger partial charge in [0.2, 0.25) is 17.5 Å². The number of nitrogens with zero attached hydrogens (tertiary/aromatic N) is 3. The number of carbonyl (C=O) groups excluding carboxylic acids is 4. The van der Waals surface area contributed by atoms with Crippen molar-refractivity contribution in [2.24, 2.45) is 0 Å². The number of piperazine rings is 1. The maximum absolute atomic E-state index is 12.8.